The number of hydrogen-bond donors (Lipinski definition) is 3. The highest BCUT2D eigenvalue weighted by Gasteiger charge is 2.19. The van der Waals surface area contributed by atoms with Crippen molar-refractivity contribution < 1.29 is 0 Å². The number of rotatable bonds is 1. The summed E-state index contributed by atoms with van der Waals surface area (Å²) in [7, 11) is 0. The Morgan fingerprint density at radius 3 is 2.60 bits per heavy atom. The minimum Gasteiger partial charge on any atom is -0.350 e. The maximum atomic E-state index is 11.4. The summed E-state index contributed by atoms with van der Waals surface area (Å²) in [6.07, 6.45) is 1.67. The van der Waals surface area contributed by atoms with Gasteiger partial charge in [-0.15, -0.1) is 5.10 Å². The lowest BCUT2D eigenvalue weighted by Crippen LogP contribution is -2.43. The Hall–Kier alpha value is -1.63. The summed E-state index contributed by atoms with van der Waals surface area (Å²) >= 11 is 0. The molecule has 2 rings (SSSR count). The minimum absolute atomic E-state index is 0.197. The molecule has 82 valence electrons. The highest BCUT2D eigenvalue weighted by molar-refractivity contribution is 5.34. The number of nitrogens with two attached hydrogens (primary N) is 1. The predicted molar refractivity (Wildman–Crippen MR) is 54.9 cm³/mol. The maximum Gasteiger partial charge on any atom is 0.342 e. The lowest BCUT2D eigenvalue weighted by molar-refractivity contribution is 0.495. The monoisotopic (exact) mass is 211 g/mol. The molecule has 0 aromatic carbocycles. The molecule has 0 saturated carbocycles. The fraction of sp³-hybridized carbons (Fsp3) is 0.625. The number of anilines is 1. The van der Waals surface area contributed by atoms with Crippen LogP contribution in [0.1, 0.15) is 12.8 Å². The number of aromatic amines is 2. The summed E-state index contributed by atoms with van der Waals surface area (Å²) in [5.74, 6) is 0.265. The summed E-state index contributed by atoms with van der Waals surface area (Å²) in [4.78, 5) is 26.2. The van der Waals surface area contributed by atoms with Crippen LogP contribution in [-0.2, 0) is 0 Å². The van der Waals surface area contributed by atoms with Gasteiger partial charge in [0.1, 0.15) is 0 Å². The van der Waals surface area contributed by atoms with Gasteiger partial charge in [0, 0.05) is 19.1 Å². The average molecular weight is 211 g/mol. The normalized spacial score (nSPS) is 18.1. The highest BCUT2D eigenvalue weighted by Crippen LogP contribution is 2.11. The van der Waals surface area contributed by atoms with Crippen LogP contribution in [0, 0.1) is 0 Å². The Bertz CT molecular complexity index is 443. The first-order chi connectivity index (χ1) is 7.16. The molecule has 0 aliphatic carbocycles. The molecule has 0 atom stereocenters. The number of nitrogens with zero attached hydrogens (tertiary/aromatic N) is 2. The summed E-state index contributed by atoms with van der Waals surface area (Å²) in [6.45, 7) is 1.40. The van der Waals surface area contributed by atoms with Crippen molar-refractivity contribution in [3.05, 3.63) is 20.8 Å². The van der Waals surface area contributed by atoms with Crippen LogP contribution in [0.5, 0.6) is 0 Å². The molecular formula is C8H13N5O2. The van der Waals surface area contributed by atoms with Gasteiger partial charge in [0.15, 0.2) is 0 Å². The zero-order chi connectivity index (χ0) is 10.8. The van der Waals surface area contributed by atoms with E-state index >= 15 is 0 Å². The van der Waals surface area contributed by atoms with Crippen LogP contribution >= 0.6 is 0 Å². The first-order valence-electron chi connectivity index (χ1n) is 4.86. The van der Waals surface area contributed by atoms with Crippen LogP contribution in [0.4, 0.5) is 5.82 Å². The van der Waals surface area contributed by atoms with Crippen molar-refractivity contribution in [2.75, 3.05) is 18.0 Å². The van der Waals surface area contributed by atoms with Crippen molar-refractivity contribution in [2.24, 2.45) is 5.73 Å². The van der Waals surface area contributed by atoms with Crippen LogP contribution in [0.2, 0.25) is 0 Å². The minimum atomic E-state index is -0.586. The topological polar surface area (TPSA) is 108 Å². The number of aromatic nitrogens is 3. The molecule has 1 aromatic heterocycles. The Morgan fingerprint density at radius 1 is 1.33 bits per heavy atom. The summed E-state index contributed by atoms with van der Waals surface area (Å²) in [6, 6.07) is 0.197. The molecule has 1 aliphatic heterocycles. The average Bonchev–Trinajstić information content (AvgIpc) is 2.20. The van der Waals surface area contributed by atoms with Crippen molar-refractivity contribution in [3.63, 3.8) is 0 Å². The molecule has 1 fully saturated rings. The van der Waals surface area contributed by atoms with Gasteiger partial charge in [-0.2, -0.15) is 0 Å². The molecule has 0 radical (unpaired) electrons. The lowest BCUT2D eigenvalue weighted by Gasteiger charge is -2.29. The van der Waals surface area contributed by atoms with Crippen LogP contribution in [0.25, 0.3) is 0 Å². The van der Waals surface area contributed by atoms with E-state index in [1.165, 1.54) is 0 Å². The summed E-state index contributed by atoms with van der Waals surface area (Å²) < 4.78 is 0. The van der Waals surface area contributed by atoms with Crippen LogP contribution in [-0.4, -0.2) is 34.3 Å². The third kappa shape index (κ3) is 2.07. The van der Waals surface area contributed by atoms with Crippen LogP contribution < -0.4 is 21.9 Å². The van der Waals surface area contributed by atoms with Gasteiger partial charge in [-0.1, -0.05) is 0 Å². The lowest BCUT2D eigenvalue weighted by atomic mass is 10.1. The number of H-pyrrole nitrogens is 2. The van der Waals surface area contributed by atoms with Crippen molar-refractivity contribution in [1.82, 2.24) is 15.2 Å². The second-order valence-corrected chi connectivity index (χ2v) is 3.65. The van der Waals surface area contributed by atoms with Gasteiger partial charge in [0.2, 0.25) is 5.82 Å². The molecule has 7 nitrogen and oxygen atoms in total. The molecule has 0 spiro atoms. The molecule has 2 heterocycles. The second-order valence-electron chi connectivity index (χ2n) is 3.65. The molecule has 0 amide bonds. The first-order valence-corrected chi connectivity index (χ1v) is 4.86. The zero-order valence-electron chi connectivity index (χ0n) is 8.19. The van der Waals surface area contributed by atoms with Crippen LogP contribution in [0.3, 0.4) is 0 Å². The van der Waals surface area contributed by atoms with E-state index in [9.17, 15) is 9.59 Å². The Balaban J connectivity index is 2.23. The highest BCUT2D eigenvalue weighted by atomic mass is 16.2. The van der Waals surface area contributed by atoms with Gasteiger partial charge in [0.05, 0.1) is 0 Å². The summed E-state index contributed by atoms with van der Waals surface area (Å²) in [5.41, 5.74) is 4.71. The van der Waals surface area contributed by atoms with E-state index in [0.717, 1.165) is 12.8 Å². The molecule has 1 aliphatic rings. The van der Waals surface area contributed by atoms with Crippen molar-refractivity contribution in [3.8, 4) is 0 Å². The van der Waals surface area contributed by atoms with Gasteiger partial charge in [0.25, 0.3) is 5.56 Å². The SMILES string of the molecule is NC1CCN(c2n[nH]c(=O)[nH]c2=O)CC1. The predicted octanol–water partition coefficient (Wildman–Crippen LogP) is -1.61. The van der Waals surface area contributed by atoms with Gasteiger partial charge in [-0.25, -0.2) is 9.89 Å². The Kier molecular flexibility index (Phi) is 2.55. The van der Waals surface area contributed by atoms with E-state index in [-0.39, 0.29) is 11.9 Å². The quantitative estimate of drug-likeness (QED) is 0.517. The van der Waals surface area contributed by atoms with Crippen LogP contribution in [0.15, 0.2) is 9.59 Å². The molecule has 7 heteroatoms. The van der Waals surface area contributed by atoms with E-state index in [1.54, 1.807) is 0 Å². The summed E-state index contributed by atoms with van der Waals surface area (Å²) in [5, 5.41) is 5.95. The largest absolute Gasteiger partial charge is 0.350 e. The van der Waals surface area contributed by atoms with E-state index in [4.69, 9.17) is 5.73 Å². The molecule has 0 unspecified atom stereocenters. The van der Waals surface area contributed by atoms with Crippen molar-refractivity contribution >= 4 is 5.82 Å². The molecule has 1 saturated heterocycles. The standard InChI is InChI=1S/C8H13N5O2/c9-5-1-3-13(4-2-5)6-7(14)10-8(15)12-11-6/h5H,1-4,9H2,(H2,10,12,14,15). The fourth-order valence-electron chi connectivity index (χ4n) is 1.67. The van der Waals surface area contributed by atoms with Gasteiger partial charge in [-0.3, -0.25) is 9.78 Å². The number of hydrogen-bond acceptors (Lipinski definition) is 5. The first kappa shape index (κ1) is 9.91. The molecule has 4 N–H and O–H groups in total. The second kappa shape index (κ2) is 3.85. The van der Waals surface area contributed by atoms with E-state index in [1.807, 2.05) is 4.90 Å². The third-order valence-electron chi connectivity index (χ3n) is 2.53. The third-order valence-corrected chi connectivity index (χ3v) is 2.53. The van der Waals surface area contributed by atoms with Crippen molar-refractivity contribution in [2.45, 2.75) is 18.9 Å². The molecular weight excluding hydrogens is 198 g/mol. The van der Waals surface area contributed by atoms with Gasteiger partial charge < -0.3 is 10.6 Å². The Morgan fingerprint density at radius 2 is 2.00 bits per heavy atom. The van der Waals surface area contributed by atoms with E-state index < -0.39 is 11.2 Å². The fourth-order valence-corrected chi connectivity index (χ4v) is 1.67. The Labute approximate surface area is 85.3 Å². The number of nitrogens with one attached hydrogen (secondary N) is 2. The molecule has 1 aromatic rings. The van der Waals surface area contributed by atoms with Gasteiger partial charge in [-0.05, 0) is 12.8 Å². The van der Waals surface area contributed by atoms with Crippen molar-refractivity contribution in [1.29, 1.82) is 0 Å². The maximum absolute atomic E-state index is 11.4. The van der Waals surface area contributed by atoms with E-state index in [2.05, 4.69) is 15.2 Å². The molecule has 0 bridgehead atoms. The van der Waals surface area contributed by atoms with Gasteiger partial charge >= 0.3 is 5.69 Å². The zero-order valence-corrected chi connectivity index (χ0v) is 8.19. The van der Waals surface area contributed by atoms with E-state index in [0.29, 0.717) is 13.1 Å². The molecule has 15 heavy (non-hydrogen) atoms. The number of piperidine rings is 1. The smallest absolute Gasteiger partial charge is 0.342 e.